The van der Waals surface area contributed by atoms with Crippen LogP contribution in [0.2, 0.25) is 0 Å². The van der Waals surface area contributed by atoms with Crippen LogP contribution >= 0.6 is 0 Å². The molecule has 1 heterocycles. The van der Waals surface area contributed by atoms with Gasteiger partial charge in [0.15, 0.2) is 0 Å². The highest BCUT2D eigenvalue weighted by Gasteiger charge is 2.33. The van der Waals surface area contributed by atoms with E-state index in [4.69, 9.17) is 0 Å². The second-order valence-corrected chi connectivity index (χ2v) is 15.9. The maximum Gasteiger partial charge on any atom is 0.105 e. The molecule has 1 nitrogen and oxygen atoms in total. The normalized spacial score (nSPS) is 14.3. The number of hydrogen-bond acceptors (Lipinski definition) is 0. The van der Waals surface area contributed by atoms with E-state index in [0.29, 0.717) is 0 Å². The van der Waals surface area contributed by atoms with Crippen molar-refractivity contribution < 1.29 is 21.5 Å². The van der Waals surface area contributed by atoms with Crippen molar-refractivity contribution >= 4 is 21.5 Å². The summed E-state index contributed by atoms with van der Waals surface area (Å²) in [7, 11) is 4.81. The Bertz CT molecular complexity index is 1920. The van der Waals surface area contributed by atoms with E-state index in [-0.39, 0.29) is 27.8 Å². The van der Waals surface area contributed by atoms with Crippen molar-refractivity contribution in [3.63, 3.8) is 0 Å². The first-order valence-corrected chi connectivity index (χ1v) is 16.4. The van der Waals surface area contributed by atoms with Gasteiger partial charge in [-0.2, -0.15) is 0 Å². The van der Waals surface area contributed by atoms with Crippen LogP contribution in [-0.4, -0.2) is 18.6 Å². The predicted molar refractivity (Wildman–Crippen MR) is 195 cm³/mol. The highest BCUT2D eigenvalue weighted by molar-refractivity contribution is 6.11. The Morgan fingerprint density at radius 2 is 0.826 bits per heavy atom. The molecule has 46 heavy (non-hydrogen) atoms. The fourth-order valence-electron chi connectivity index (χ4n) is 7.41. The number of fused-ring (bicyclic) bond motifs is 7. The van der Waals surface area contributed by atoms with E-state index in [9.17, 15) is 0 Å². The zero-order chi connectivity index (χ0) is 31.7. The van der Waals surface area contributed by atoms with Gasteiger partial charge in [0.25, 0.3) is 0 Å². The summed E-state index contributed by atoms with van der Waals surface area (Å²) >= 11 is 0. The monoisotopic (exact) mass is 667 g/mol. The summed E-state index contributed by atoms with van der Waals surface area (Å²) in [5.41, 5.74) is 14.0. The number of nitrogens with zero attached hydrogens (tertiary/aromatic N) is 1. The van der Waals surface area contributed by atoms with E-state index in [1.165, 1.54) is 77.2 Å². The van der Waals surface area contributed by atoms with Gasteiger partial charge in [-0.05, 0) is 77.9 Å². The Hall–Kier alpha value is -3.72. The molecule has 0 spiro atoms. The van der Waals surface area contributed by atoms with Gasteiger partial charge in [-0.15, -0.1) is 0 Å². The number of hydrogen-bond donors (Lipinski definition) is 0. The molecule has 0 bridgehead atoms. The molecule has 0 amide bonds. The van der Waals surface area contributed by atoms with Crippen LogP contribution in [0.5, 0.6) is 0 Å². The minimum absolute atomic E-state index is 0. The molecular weight excluding hydrogens is 622 g/mol. The maximum absolute atomic E-state index is 2.45. The van der Waals surface area contributed by atoms with Gasteiger partial charge in [0, 0.05) is 22.3 Å². The number of benzene rings is 6. The molecule has 0 aliphatic carbocycles. The molecule has 234 valence electrons. The molecule has 0 saturated carbocycles. The zero-order valence-electron chi connectivity index (χ0n) is 28.6. The highest BCUT2D eigenvalue weighted by atomic mass is 79.9. The molecule has 0 atom stereocenters. The second-order valence-electron chi connectivity index (χ2n) is 15.9. The molecule has 2 heteroatoms. The quantitative estimate of drug-likeness (QED) is 0.162. The van der Waals surface area contributed by atoms with Crippen LogP contribution in [-0.2, 0) is 23.9 Å². The summed E-state index contributed by atoms with van der Waals surface area (Å²) in [6.45, 7) is 15.7. The SMILES string of the molecule is CC(C)(C)c1ccc(-c2cc3ccccc3c3c2C[N+](C)(C)Cc2c(-c4ccc(C(C)(C)C)cc4)cc4ccccc4c2-3)cc1.[Br-]. The molecule has 0 aromatic heterocycles. The summed E-state index contributed by atoms with van der Waals surface area (Å²) < 4.78 is 0.886. The smallest absolute Gasteiger partial charge is 0.105 e. The van der Waals surface area contributed by atoms with Crippen LogP contribution in [0.3, 0.4) is 0 Å². The molecule has 0 fully saturated rings. The third-order valence-electron chi connectivity index (χ3n) is 9.86. The summed E-state index contributed by atoms with van der Waals surface area (Å²) in [6.07, 6.45) is 0. The lowest BCUT2D eigenvalue weighted by atomic mass is 9.81. The van der Waals surface area contributed by atoms with Crippen LogP contribution in [0.4, 0.5) is 0 Å². The van der Waals surface area contributed by atoms with Crippen LogP contribution < -0.4 is 17.0 Å². The van der Waals surface area contributed by atoms with Gasteiger partial charge in [0.1, 0.15) is 13.1 Å². The number of halogens is 1. The minimum Gasteiger partial charge on any atom is -1.00 e. The number of rotatable bonds is 2. The Morgan fingerprint density at radius 1 is 0.478 bits per heavy atom. The first kappa shape index (κ1) is 32.2. The Morgan fingerprint density at radius 3 is 1.17 bits per heavy atom. The Balaban J connectivity index is 0.00000372. The van der Waals surface area contributed by atoms with Crippen molar-refractivity contribution in [2.24, 2.45) is 0 Å². The van der Waals surface area contributed by atoms with Gasteiger partial charge in [-0.25, -0.2) is 0 Å². The van der Waals surface area contributed by atoms with Gasteiger partial charge in [-0.1, -0.05) is 139 Å². The molecule has 6 aromatic rings. The summed E-state index contributed by atoms with van der Waals surface area (Å²) in [5, 5.41) is 5.29. The molecule has 0 saturated heterocycles. The summed E-state index contributed by atoms with van der Waals surface area (Å²) in [5.74, 6) is 0. The first-order valence-electron chi connectivity index (χ1n) is 16.4. The Labute approximate surface area is 286 Å². The zero-order valence-corrected chi connectivity index (χ0v) is 30.2. The topological polar surface area (TPSA) is 0 Å². The summed E-state index contributed by atoms with van der Waals surface area (Å²) in [6, 6.07) is 41.7. The fraction of sp³-hybridized carbons (Fsp3) is 0.273. The highest BCUT2D eigenvalue weighted by Crippen LogP contribution is 2.49. The molecule has 0 unspecified atom stereocenters. The van der Waals surface area contributed by atoms with Crippen LogP contribution in [0.15, 0.2) is 109 Å². The van der Waals surface area contributed by atoms with Crippen molar-refractivity contribution in [3.05, 3.63) is 131 Å². The maximum atomic E-state index is 2.45. The minimum atomic E-state index is 0. The van der Waals surface area contributed by atoms with Gasteiger partial charge in [-0.3, -0.25) is 0 Å². The predicted octanol–water partition coefficient (Wildman–Crippen LogP) is 8.68. The van der Waals surface area contributed by atoms with E-state index >= 15 is 0 Å². The fourth-order valence-corrected chi connectivity index (χ4v) is 7.41. The average molecular weight is 669 g/mol. The van der Waals surface area contributed by atoms with Crippen molar-refractivity contribution in [2.45, 2.75) is 65.5 Å². The standard InChI is InChI=1S/C44H46N.BrH/c1-43(2,3)33-21-17-29(18-22-33)37-25-31-13-9-11-15-35(31)41-39(37)27-45(7,8)28-40-38(26-32-14-10-12-16-36(32)42(40)41)30-19-23-34(24-20-30)44(4,5)6;/h9-26H,27-28H2,1-8H3;1H/q+1;/p-1. The first-order chi connectivity index (χ1) is 21.3. The molecule has 7 rings (SSSR count). The van der Waals surface area contributed by atoms with Crippen LogP contribution in [0.1, 0.15) is 63.8 Å². The number of quaternary nitrogens is 1. The summed E-state index contributed by atoms with van der Waals surface area (Å²) in [4.78, 5) is 0. The van der Waals surface area contributed by atoms with Crippen molar-refractivity contribution in [1.82, 2.24) is 0 Å². The molecule has 0 N–H and O–H groups in total. The van der Waals surface area contributed by atoms with Gasteiger partial charge < -0.3 is 21.5 Å². The van der Waals surface area contributed by atoms with E-state index in [0.717, 1.165) is 17.6 Å². The molecule has 6 aromatic carbocycles. The van der Waals surface area contributed by atoms with E-state index in [1.54, 1.807) is 0 Å². The third-order valence-corrected chi connectivity index (χ3v) is 9.86. The van der Waals surface area contributed by atoms with E-state index in [2.05, 4.69) is 165 Å². The van der Waals surface area contributed by atoms with E-state index < -0.39 is 0 Å². The second kappa shape index (κ2) is 11.5. The van der Waals surface area contributed by atoms with Crippen molar-refractivity contribution in [1.29, 1.82) is 0 Å². The van der Waals surface area contributed by atoms with Crippen LogP contribution in [0.25, 0.3) is 54.9 Å². The van der Waals surface area contributed by atoms with Crippen molar-refractivity contribution in [2.75, 3.05) is 14.1 Å². The lowest BCUT2D eigenvalue weighted by molar-refractivity contribution is -0.916. The molecular formula is C44H46BrN. The van der Waals surface area contributed by atoms with Gasteiger partial charge in [0.05, 0.1) is 14.1 Å². The Kier molecular flexibility index (Phi) is 8.06. The molecule has 0 radical (unpaired) electrons. The molecule has 1 aliphatic rings. The lowest BCUT2D eigenvalue weighted by Crippen LogP contribution is -3.00. The largest absolute Gasteiger partial charge is 1.00 e. The van der Waals surface area contributed by atoms with Gasteiger partial charge >= 0.3 is 0 Å². The van der Waals surface area contributed by atoms with Crippen LogP contribution in [0, 0.1) is 0 Å². The van der Waals surface area contributed by atoms with Gasteiger partial charge in [0.2, 0.25) is 0 Å². The molecule has 1 aliphatic heterocycles. The average Bonchev–Trinajstić information content (AvgIpc) is 3.13. The lowest BCUT2D eigenvalue weighted by Gasteiger charge is -2.30. The van der Waals surface area contributed by atoms with Crippen molar-refractivity contribution in [3.8, 4) is 33.4 Å². The van der Waals surface area contributed by atoms with E-state index in [1.807, 2.05) is 0 Å². The third kappa shape index (κ3) is 5.72.